The number of hydrogen-bond donors (Lipinski definition) is 0. The molecule has 3 aromatic heterocycles. The van der Waals surface area contributed by atoms with Crippen LogP contribution in [0.25, 0.3) is 44.4 Å². The van der Waals surface area contributed by atoms with Gasteiger partial charge in [-0.25, -0.2) is 4.98 Å². The SMILES string of the molecule is Cc1nn(-c2[c-]c(Oc3[c-]c4c(cc3)c3ccccc3n4-c3cc(C(C)(C)C)ccn3)cc(C(C)(C)C)c2)c(C)c1-c1c(C(C)C)cccc1C(C)C.[Pd+2]. The predicted octanol–water partition coefficient (Wildman–Crippen LogP) is 12.9. The minimum Gasteiger partial charge on any atom is -0.509 e. The van der Waals surface area contributed by atoms with E-state index in [-0.39, 0.29) is 31.3 Å². The molecule has 0 aliphatic rings. The molecular weight excluding hydrogens is 755 g/mol. The summed E-state index contributed by atoms with van der Waals surface area (Å²) in [6.07, 6.45) is 1.90. The third-order valence-corrected chi connectivity index (χ3v) is 10.5. The smallest absolute Gasteiger partial charge is 0.509 e. The summed E-state index contributed by atoms with van der Waals surface area (Å²) < 4.78 is 11.0. The standard InChI is InChI=1S/C48H52N4O.Pd/c1-29(2)38-17-15-18-39(30(3)4)46(38)45-31(5)50-52(32(45)6)35-24-34(48(10,11)12)25-37(27-35)53-36-20-21-41-40-16-13-14-19-42(40)51(43(41)28-36)44-26-33(22-23-49-44)47(7,8)9;/h13-26,29-30H,1-12H3;/q-2;+2. The van der Waals surface area contributed by atoms with Crippen molar-refractivity contribution in [3.8, 4) is 34.1 Å². The maximum Gasteiger partial charge on any atom is 2.00 e. The summed E-state index contributed by atoms with van der Waals surface area (Å²) in [4.78, 5) is 4.85. The summed E-state index contributed by atoms with van der Waals surface area (Å²) in [5.74, 6) is 2.86. The first-order valence-electron chi connectivity index (χ1n) is 18.9. The number of pyridine rings is 1. The molecule has 7 rings (SSSR count). The Kier molecular flexibility index (Phi) is 10.6. The molecule has 0 saturated heterocycles. The van der Waals surface area contributed by atoms with Crippen molar-refractivity contribution in [2.45, 2.75) is 106 Å². The van der Waals surface area contributed by atoms with Crippen molar-refractivity contribution < 1.29 is 25.2 Å². The van der Waals surface area contributed by atoms with Crippen molar-refractivity contribution >= 4 is 21.8 Å². The molecule has 0 unspecified atom stereocenters. The van der Waals surface area contributed by atoms with Crippen molar-refractivity contribution in [1.82, 2.24) is 19.3 Å². The van der Waals surface area contributed by atoms with Gasteiger partial charge in [0.1, 0.15) is 5.82 Å². The number of benzene rings is 4. The fourth-order valence-electron chi connectivity index (χ4n) is 7.51. The van der Waals surface area contributed by atoms with Crippen LogP contribution in [0, 0.1) is 26.0 Å². The Bertz CT molecular complexity index is 2460. The number of para-hydroxylation sites is 1. The average molecular weight is 807 g/mol. The maximum atomic E-state index is 6.73. The van der Waals surface area contributed by atoms with E-state index < -0.39 is 0 Å². The second-order valence-electron chi connectivity index (χ2n) is 17.1. The normalized spacial score (nSPS) is 12.3. The Balaban J connectivity index is 0.00000497. The number of rotatable bonds is 7. The molecule has 0 radical (unpaired) electrons. The maximum absolute atomic E-state index is 6.73. The van der Waals surface area contributed by atoms with E-state index in [1.807, 2.05) is 16.9 Å². The number of fused-ring (bicyclic) bond motifs is 3. The van der Waals surface area contributed by atoms with Gasteiger partial charge in [0, 0.05) is 34.5 Å². The summed E-state index contributed by atoms with van der Waals surface area (Å²) >= 11 is 0. The van der Waals surface area contributed by atoms with Crippen molar-refractivity contribution in [2.75, 3.05) is 0 Å². The summed E-state index contributed by atoms with van der Waals surface area (Å²) in [6, 6.07) is 35.2. The Morgan fingerprint density at radius 1 is 0.667 bits per heavy atom. The van der Waals surface area contributed by atoms with Gasteiger partial charge in [-0.3, -0.25) is 4.68 Å². The molecule has 0 fully saturated rings. The number of ether oxygens (including phenoxy) is 1. The van der Waals surface area contributed by atoms with Crippen molar-refractivity contribution in [2.24, 2.45) is 0 Å². The first-order chi connectivity index (χ1) is 25.0. The minimum absolute atomic E-state index is 0. The molecule has 7 aromatic rings. The average Bonchev–Trinajstić information content (AvgIpc) is 3.59. The van der Waals surface area contributed by atoms with E-state index in [1.165, 1.54) is 27.8 Å². The molecule has 54 heavy (non-hydrogen) atoms. The van der Waals surface area contributed by atoms with Crippen LogP contribution in [0.4, 0.5) is 0 Å². The molecule has 5 nitrogen and oxygen atoms in total. The minimum atomic E-state index is -0.139. The van der Waals surface area contributed by atoms with Gasteiger partial charge >= 0.3 is 20.4 Å². The molecule has 0 bridgehead atoms. The molecule has 6 heteroatoms. The van der Waals surface area contributed by atoms with Crippen LogP contribution in [-0.2, 0) is 31.3 Å². The van der Waals surface area contributed by atoms with Gasteiger partial charge in [0.25, 0.3) is 0 Å². The van der Waals surface area contributed by atoms with Gasteiger partial charge in [0.15, 0.2) is 0 Å². The van der Waals surface area contributed by atoms with E-state index in [4.69, 9.17) is 14.8 Å². The summed E-state index contributed by atoms with van der Waals surface area (Å²) in [6.45, 7) is 26.8. The molecule has 0 atom stereocenters. The van der Waals surface area contributed by atoms with E-state index in [0.717, 1.165) is 50.3 Å². The fourth-order valence-corrected chi connectivity index (χ4v) is 7.51. The monoisotopic (exact) mass is 806 g/mol. The summed E-state index contributed by atoms with van der Waals surface area (Å²) in [5.41, 5.74) is 12.4. The topological polar surface area (TPSA) is 44.9 Å². The van der Waals surface area contributed by atoms with Crippen LogP contribution >= 0.6 is 0 Å². The zero-order valence-corrected chi connectivity index (χ0v) is 35.3. The summed E-state index contributed by atoms with van der Waals surface area (Å²) in [7, 11) is 0. The zero-order chi connectivity index (χ0) is 38.0. The van der Waals surface area contributed by atoms with Gasteiger partial charge in [-0.2, -0.15) is 11.2 Å². The van der Waals surface area contributed by atoms with Crippen LogP contribution in [0.2, 0.25) is 0 Å². The Morgan fingerprint density at radius 2 is 1.33 bits per heavy atom. The predicted molar refractivity (Wildman–Crippen MR) is 220 cm³/mol. The van der Waals surface area contributed by atoms with E-state index in [2.05, 4.69) is 173 Å². The second-order valence-corrected chi connectivity index (χ2v) is 17.1. The van der Waals surface area contributed by atoms with E-state index >= 15 is 0 Å². The largest absolute Gasteiger partial charge is 2.00 e. The second kappa shape index (κ2) is 14.6. The molecule has 0 N–H and O–H groups in total. The van der Waals surface area contributed by atoms with Crippen LogP contribution in [0.5, 0.6) is 11.5 Å². The van der Waals surface area contributed by atoms with Crippen LogP contribution in [0.15, 0.2) is 85.1 Å². The van der Waals surface area contributed by atoms with E-state index in [9.17, 15) is 0 Å². The van der Waals surface area contributed by atoms with Crippen molar-refractivity contribution in [3.05, 3.63) is 131 Å². The zero-order valence-electron chi connectivity index (χ0n) is 33.8. The van der Waals surface area contributed by atoms with Gasteiger partial charge in [0.2, 0.25) is 0 Å². The third-order valence-electron chi connectivity index (χ3n) is 10.5. The van der Waals surface area contributed by atoms with Gasteiger partial charge in [-0.15, -0.1) is 41.3 Å². The number of nitrogens with zero attached hydrogens (tertiary/aromatic N) is 4. The molecule has 0 amide bonds. The molecule has 0 aliphatic carbocycles. The van der Waals surface area contributed by atoms with Crippen LogP contribution in [-0.4, -0.2) is 19.3 Å². The number of aromatic nitrogens is 4. The van der Waals surface area contributed by atoms with E-state index in [1.54, 1.807) is 0 Å². The Labute approximate surface area is 335 Å². The van der Waals surface area contributed by atoms with Crippen molar-refractivity contribution in [3.63, 3.8) is 0 Å². The van der Waals surface area contributed by atoms with Crippen LogP contribution in [0.1, 0.15) is 115 Å². The fraction of sp³-hybridized carbons (Fsp3) is 0.333. The Morgan fingerprint density at radius 3 is 1.98 bits per heavy atom. The van der Waals surface area contributed by atoms with Crippen LogP contribution in [0.3, 0.4) is 0 Å². The van der Waals surface area contributed by atoms with Crippen molar-refractivity contribution in [1.29, 1.82) is 0 Å². The Hall–Kier alpha value is -4.50. The molecule has 3 heterocycles. The van der Waals surface area contributed by atoms with Gasteiger partial charge in [-0.1, -0.05) is 111 Å². The molecule has 4 aromatic carbocycles. The molecule has 280 valence electrons. The number of aryl methyl sites for hydroxylation is 1. The quantitative estimate of drug-likeness (QED) is 0.119. The van der Waals surface area contributed by atoms with Crippen LogP contribution < -0.4 is 4.74 Å². The third kappa shape index (κ3) is 7.19. The first-order valence-corrected chi connectivity index (χ1v) is 18.9. The first kappa shape index (κ1) is 39.2. The van der Waals surface area contributed by atoms with Gasteiger partial charge < -0.3 is 9.30 Å². The molecule has 0 spiro atoms. The molecule has 0 aliphatic heterocycles. The molecule has 0 saturated carbocycles. The van der Waals surface area contributed by atoms with E-state index in [0.29, 0.717) is 23.3 Å². The number of hydrogen-bond acceptors (Lipinski definition) is 3. The van der Waals surface area contributed by atoms with Gasteiger partial charge in [-0.05, 0) is 88.0 Å². The summed E-state index contributed by atoms with van der Waals surface area (Å²) in [5, 5.41) is 7.42. The molecular formula is C48H52N4OPd. The van der Waals surface area contributed by atoms with Gasteiger partial charge in [0.05, 0.1) is 5.69 Å².